The summed E-state index contributed by atoms with van der Waals surface area (Å²) in [5.74, 6) is 0.905. The summed E-state index contributed by atoms with van der Waals surface area (Å²) in [6.45, 7) is 10.7. The van der Waals surface area contributed by atoms with Crippen LogP contribution in [-0.2, 0) is 4.74 Å². The van der Waals surface area contributed by atoms with Crippen LogP contribution >= 0.6 is 0 Å². The van der Waals surface area contributed by atoms with Crippen molar-refractivity contribution in [3.63, 3.8) is 0 Å². The maximum absolute atomic E-state index is 5.30. The second kappa shape index (κ2) is 9.73. The molecule has 0 amide bonds. The van der Waals surface area contributed by atoms with Gasteiger partial charge in [-0.15, -0.1) is 0 Å². The molecule has 0 aromatic carbocycles. The van der Waals surface area contributed by atoms with E-state index in [-0.39, 0.29) is 0 Å². The number of hydrogen-bond donors (Lipinski definition) is 1. The fraction of sp³-hybridized carbons (Fsp3) is 1.00. The quantitative estimate of drug-likeness (QED) is 0.621. The largest absolute Gasteiger partial charge is 0.380 e. The first-order chi connectivity index (χ1) is 8.72. The number of likely N-dealkylation sites (tertiary alicyclic amines) is 1. The molecule has 4 heteroatoms. The minimum Gasteiger partial charge on any atom is -0.380 e. The lowest BCUT2D eigenvalue weighted by Crippen LogP contribution is -2.40. The molecule has 0 aromatic rings. The summed E-state index contributed by atoms with van der Waals surface area (Å²) in [7, 11) is 4.35. The van der Waals surface area contributed by atoms with Gasteiger partial charge in [-0.2, -0.15) is 0 Å². The Bertz CT molecular complexity index is 191. The minimum atomic E-state index is 0.821. The van der Waals surface area contributed by atoms with Gasteiger partial charge in [0.05, 0.1) is 6.61 Å². The molecule has 1 aliphatic rings. The summed E-state index contributed by atoms with van der Waals surface area (Å²) in [4.78, 5) is 4.90. The van der Waals surface area contributed by atoms with E-state index in [1.165, 1.54) is 39.0 Å². The highest BCUT2D eigenvalue weighted by Gasteiger charge is 2.18. The van der Waals surface area contributed by atoms with Crippen molar-refractivity contribution in [3.05, 3.63) is 0 Å². The highest BCUT2D eigenvalue weighted by Crippen LogP contribution is 2.17. The molecule has 1 heterocycles. The van der Waals surface area contributed by atoms with Gasteiger partial charge in [0, 0.05) is 32.8 Å². The van der Waals surface area contributed by atoms with E-state index in [1.807, 2.05) is 6.92 Å². The van der Waals surface area contributed by atoms with Crippen LogP contribution in [-0.4, -0.2) is 76.4 Å². The number of rotatable bonds is 9. The minimum absolute atomic E-state index is 0.821. The molecule has 0 spiro atoms. The highest BCUT2D eigenvalue weighted by atomic mass is 16.5. The lowest BCUT2D eigenvalue weighted by molar-refractivity contribution is 0.143. The zero-order valence-corrected chi connectivity index (χ0v) is 12.5. The van der Waals surface area contributed by atoms with Crippen LogP contribution < -0.4 is 5.32 Å². The van der Waals surface area contributed by atoms with Gasteiger partial charge in [0.2, 0.25) is 0 Å². The molecule has 0 unspecified atom stereocenters. The van der Waals surface area contributed by atoms with Crippen molar-refractivity contribution in [1.29, 1.82) is 0 Å². The van der Waals surface area contributed by atoms with E-state index in [1.54, 1.807) is 0 Å². The molecule has 1 N–H and O–H groups in total. The first-order valence-corrected chi connectivity index (χ1v) is 7.38. The van der Waals surface area contributed by atoms with E-state index in [2.05, 4.69) is 29.2 Å². The van der Waals surface area contributed by atoms with E-state index in [0.29, 0.717) is 0 Å². The van der Waals surface area contributed by atoms with Crippen molar-refractivity contribution in [2.24, 2.45) is 5.92 Å². The van der Waals surface area contributed by atoms with Gasteiger partial charge in [0.15, 0.2) is 0 Å². The zero-order chi connectivity index (χ0) is 13.2. The lowest BCUT2D eigenvalue weighted by atomic mass is 9.96. The molecule has 18 heavy (non-hydrogen) atoms. The molecule has 0 bridgehead atoms. The summed E-state index contributed by atoms with van der Waals surface area (Å²) in [6.07, 6.45) is 2.72. The summed E-state index contributed by atoms with van der Waals surface area (Å²) in [5, 5.41) is 3.44. The molecular weight excluding hydrogens is 226 g/mol. The predicted molar refractivity (Wildman–Crippen MR) is 77.1 cm³/mol. The van der Waals surface area contributed by atoms with Gasteiger partial charge in [-0.25, -0.2) is 0 Å². The molecule has 1 rings (SSSR count). The lowest BCUT2D eigenvalue weighted by Gasteiger charge is -2.33. The SMILES string of the molecule is CCOCCNCCN1CCC(CN(C)C)CC1. The molecule has 1 saturated heterocycles. The van der Waals surface area contributed by atoms with Crippen molar-refractivity contribution in [2.75, 3.05) is 66.6 Å². The zero-order valence-electron chi connectivity index (χ0n) is 12.5. The van der Waals surface area contributed by atoms with Crippen LogP contribution in [0, 0.1) is 5.92 Å². The molecule has 0 atom stereocenters. The number of piperidine rings is 1. The molecule has 4 nitrogen and oxygen atoms in total. The first kappa shape index (κ1) is 15.9. The number of nitrogens with zero attached hydrogens (tertiary/aromatic N) is 2. The van der Waals surface area contributed by atoms with Gasteiger partial charge in [-0.3, -0.25) is 0 Å². The third-order valence-electron chi connectivity index (χ3n) is 3.56. The van der Waals surface area contributed by atoms with Crippen LogP contribution in [0.15, 0.2) is 0 Å². The van der Waals surface area contributed by atoms with Crippen LogP contribution in [0.5, 0.6) is 0 Å². The highest BCUT2D eigenvalue weighted by molar-refractivity contribution is 4.74. The Labute approximate surface area is 113 Å². The molecule has 0 radical (unpaired) electrons. The fourth-order valence-electron chi connectivity index (χ4n) is 2.56. The van der Waals surface area contributed by atoms with Gasteiger partial charge >= 0.3 is 0 Å². The standard InChI is InChI=1S/C14H31N3O/c1-4-18-12-8-15-7-11-17-9-5-14(6-10-17)13-16(2)3/h14-15H,4-13H2,1-3H3. The Morgan fingerprint density at radius 2 is 1.94 bits per heavy atom. The molecule has 1 aliphatic heterocycles. The average molecular weight is 257 g/mol. The number of ether oxygens (including phenoxy) is 1. The smallest absolute Gasteiger partial charge is 0.0590 e. The van der Waals surface area contributed by atoms with Crippen molar-refractivity contribution in [3.8, 4) is 0 Å². The normalized spacial score (nSPS) is 18.7. The second-order valence-electron chi connectivity index (χ2n) is 5.49. The third kappa shape index (κ3) is 7.31. The Kier molecular flexibility index (Phi) is 8.59. The summed E-state index contributed by atoms with van der Waals surface area (Å²) in [5.41, 5.74) is 0. The van der Waals surface area contributed by atoms with E-state index < -0.39 is 0 Å². The molecule has 1 fully saturated rings. The molecule has 0 aromatic heterocycles. The van der Waals surface area contributed by atoms with E-state index in [4.69, 9.17) is 4.74 Å². The van der Waals surface area contributed by atoms with Gasteiger partial charge in [0.1, 0.15) is 0 Å². The van der Waals surface area contributed by atoms with Crippen molar-refractivity contribution in [1.82, 2.24) is 15.1 Å². The number of nitrogens with one attached hydrogen (secondary N) is 1. The second-order valence-corrected chi connectivity index (χ2v) is 5.49. The van der Waals surface area contributed by atoms with Crippen LogP contribution in [0.25, 0.3) is 0 Å². The average Bonchev–Trinajstić information content (AvgIpc) is 2.35. The Morgan fingerprint density at radius 1 is 1.22 bits per heavy atom. The molecular formula is C14H31N3O. The third-order valence-corrected chi connectivity index (χ3v) is 3.56. The number of hydrogen-bond acceptors (Lipinski definition) is 4. The van der Waals surface area contributed by atoms with Gasteiger partial charge in [0.25, 0.3) is 0 Å². The van der Waals surface area contributed by atoms with Gasteiger partial charge < -0.3 is 19.9 Å². The topological polar surface area (TPSA) is 27.7 Å². The van der Waals surface area contributed by atoms with Crippen molar-refractivity contribution in [2.45, 2.75) is 19.8 Å². The Hall–Kier alpha value is -0.160. The summed E-state index contributed by atoms with van der Waals surface area (Å²) < 4.78 is 5.30. The summed E-state index contributed by atoms with van der Waals surface area (Å²) >= 11 is 0. The Morgan fingerprint density at radius 3 is 2.56 bits per heavy atom. The fourth-order valence-corrected chi connectivity index (χ4v) is 2.56. The maximum Gasteiger partial charge on any atom is 0.0590 e. The van der Waals surface area contributed by atoms with Crippen molar-refractivity contribution < 1.29 is 4.74 Å². The molecule has 0 saturated carbocycles. The van der Waals surface area contributed by atoms with Crippen LogP contribution in [0.1, 0.15) is 19.8 Å². The predicted octanol–water partition coefficient (Wildman–Crippen LogP) is 0.886. The molecule has 108 valence electrons. The molecule has 0 aliphatic carbocycles. The first-order valence-electron chi connectivity index (χ1n) is 7.38. The van der Waals surface area contributed by atoms with Gasteiger partial charge in [-0.1, -0.05) is 0 Å². The maximum atomic E-state index is 5.30. The van der Waals surface area contributed by atoms with Gasteiger partial charge in [-0.05, 0) is 52.9 Å². The van der Waals surface area contributed by atoms with E-state index in [0.717, 1.165) is 32.2 Å². The van der Waals surface area contributed by atoms with Crippen LogP contribution in [0.2, 0.25) is 0 Å². The monoisotopic (exact) mass is 257 g/mol. The van der Waals surface area contributed by atoms with E-state index >= 15 is 0 Å². The van der Waals surface area contributed by atoms with E-state index in [9.17, 15) is 0 Å². The van der Waals surface area contributed by atoms with Crippen LogP contribution in [0.4, 0.5) is 0 Å². The summed E-state index contributed by atoms with van der Waals surface area (Å²) in [6, 6.07) is 0. The Balaban J connectivity index is 1.95. The van der Waals surface area contributed by atoms with Crippen molar-refractivity contribution >= 4 is 0 Å². The van der Waals surface area contributed by atoms with Crippen LogP contribution in [0.3, 0.4) is 0 Å².